The summed E-state index contributed by atoms with van der Waals surface area (Å²) in [5, 5.41) is 10.3. The van der Waals surface area contributed by atoms with Crippen LogP contribution < -0.4 is 0 Å². The van der Waals surface area contributed by atoms with E-state index in [2.05, 4.69) is 9.97 Å². The van der Waals surface area contributed by atoms with E-state index < -0.39 is 5.91 Å². The Morgan fingerprint density at radius 2 is 2.43 bits per heavy atom. The van der Waals surface area contributed by atoms with Crippen molar-refractivity contribution in [3.63, 3.8) is 0 Å². The highest BCUT2D eigenvalue weighted by Crippen LogP contribution is 2.12. The third kappa shape index (κ3) is 1.33. The molecule has 0 aliphatic heterocycles. The standard InChI is InChI=1S/C9H9N3O2/c1-12(14)9(13)7-4-6-2-3-10-8(6)5-11-7/h2-5,10,14H,1H3. The molecule has 0 saturated heterocycles. The van der Waals surface area contributed by atoms with Crippen LogP contribution in [-0.4, -0.2) is 33.2 Å². The molecule has 0 bridgehead atoms. The fourth-order valence-electron chi connectivity index (χ4n) is 1.23. The van der Waals surface area contributed by atoms with Gasteiger partial charge in [-0.1, -0.05) is 0 Å². The number of aromatic amines is 1. The van der Waals surface area contributed by atoms with E-state index in [0.717, 1.165) is 10.9 Å². The van der Waals surface area contributed by atoms with Gasteiger partial charge in [0.15, 0.2) is 0 Å². The summed E-state index contributed by atoms with van der Waals surface area (Å²) in [6.45, 7) is 0. The van der Waals surface area contributed by atoms with Crippen LogP contribution in [0.2, 0.25) is 0 Å². The Hall–Kier alpha value is -1.88. The molecular weight excluding hydrogens is 182 g/mol. The molecule has 0 atom stereocenters. The minimum Gasteiger partial charge on any atom is -0.360 e. The van der Waals surface area contributed by atoms with Crippen molar-refractivity contribution in [2.45, 2.75) is 0 Å². The summed E-state index contributed by atoms with van der Waals surface area (Å²) in [4.78, 5) is 18.2. The van der Waals surface area contributed by atoms with Crippen LogP contribution in [0.5, 0.6) is 0 Å². The third-order valence-corrected chi connectivity index (χ3v) is 1.95. The average Bonchev–Trinajstić information content (AvgIpc) is 2.62. The van der Waals surface area contributed by atoms with Crippen LogP contribution in [0.15, 0.2) is 24.5 Å². The first kappa shape index (κ1) is 8.71. The van der Waals surface area contributed by atoms with Gasteiger partial charge in [-0.15, -0.1) is 0 Å². The Kier molecular flexibility index (Phi) is 1.94. The van der Waals surface area contributed by atoms with Gasteiger partial charge in [-0.25, -0.2) is 10.0 Å². The van der Waals surface area contributed by atoms with Crippen molar-refractivity contribution in [3.8, 4) is 0 Å². The largest absolute Gasteiger partial charge is 0.360 e. The lowest BCUT2D eigenvalue weighted by molar-refractivity contribution is -0.0379. The Balaban J connectivity index is 2.48. The van der Waals surface area contributed by atoms with E-state index in [0.29, 0.717) is 5.06 Å². The number of hydrogen-bond acceptors (Lipinski definition) is 3. The molecule has 5 heteroatoms. The van der Waals surface area contributed by atoms with Gasteiger partial charge in [-0.3, -0.25) is 10.0 Å². The number of H-pyrrole nitrogens is 1. The lowest BCUT2D eigenvalue weighted by atomic mass is 10.2. The predicted octanol–water partition coefficient (Wildman–Crippen LogP) is 1.02. The van der Waals surface area contributed by atoms with Crippen molar-refractivity contribution < 1.29 is 10.0 Å². The number of nitrogens with zero attached hydrogens (tertiary/aromatic N) is 2. The zero-order valence-corrected chi connectivity index (χ0v) is 7.56. The molecule has 0 radical (unpaired) electrons. The highest BCUT2D eigenvalue weighted by molar-refractivity contribution is 5.94. The molecule has 2 heterocycles. The van der Waals surface area contributed by atoms with Crippen LogP contribution >= 0.6 is 0 Å². The van der Waals surface area contributed by atoms with E-state index in [1.165, 1.54) is 7.05 Å². The second-order valence-corrected chi connectivity index (χ2v) is 2.96. The molecule has 0 spiro atoms. The molecule has 0 aliphatic carbocycles. The first-order valence-corrected chi connectivity index (χ1v) is 4.08. The van der Waals surface area contributed by atoms with E-state index in [-0.39, 0.29) is 5.69 Å². The number of aromatic nitrogens is 2. The Labute approximate surface area is 79.9 Å². The third-order valence-electron chi connectivity index (χ3n) is 1.95. The van der Waals surface area contributed by atoms with Crippen molar-refractivity contribution in [1.82, 2.24) is 15.0 Å². The number of fused-ring (bicyclic) bond motifs is 1. The predicted molar refractivity (Wildman–Crippen MR) is 50.0 cm³/mol. The van der Waals surface area contributed by atoms with E-state index in [1.54, 1.807) is 18.5 Å². The normalized spacial score (nSPS) is 10.4. The zero-order chi connectivity index (χ0) is 10.1. The van der Waals surface area contributed by atoms with Gasteiger partial charge in [0.05, 0.1) is 11.7 Å². The number of pyridine rings is 1. The second-order valence-electron chi connectivity index (χ2n) is 2.96. The topological polar surface area (TPSA) is 69.2 Å². The van der Waals surface area contributed by atoms with Crippen molar-refractivity contribution in [2.24, 2.45) is 0 Å². The summed E-state index contributed by atoms with van der Waals surface area (Å²) < 4.78 is 0. The van der Waals surface area contributed by atoms with Gasteiger partial charge in [0.2, 0.25) is 0 Å². The van der Waals surface area contributed by atoms with Crippen molar-refractivity contribution >= 4 is 16.8 Å². The maximum absolute atomic E-state index is 11.3. The Bertz CT molecular complexity index is 476. The summed E-state index contributed by atoms with van der Waals surface area (Å²) in [6.07, 6.45) is 3.33. The number of carbonyl (C=O) groups is 1. The van der Waals surface area contributed by atoms with Crippen LogP contribution in [0.1, 0.15) is 10.5 Å². The highest BCUT2D eigenvalue weighted by Gasteiger charge is 2.11. The molecule has 0 saturated carbocycles. The van der Waals surface area contributed by atoms with Crippen LogP contribution in [0.4, 0.5) is 0 Å². The lowest BCUT2D eigenvalue weighted by Crippen LogP contribution is -2.23. The molecule has 1 amide bonds. The fourth-order valence-corrected chi connectivity index (χ4v) is 1.23. The second kappa shape index (κ2) is 3.12. The van der Waals surface area contributed by atoms with Crippen molar-refractivity contribution in [1.29, 1.82) is 0 Å². The summed E-state index contributed by atoms with van der Waals surface area (Å²) in [6, 6.07) is 3.46. The van der Waals surface area contributed by atoms with E-state index >= 15 is 0 Å². The van der Waals surface area contributed by atoms with Gasteiger partial charge in [0.1, 0.15) is 5.69 Å². The highest BCUT2D eigenvalue weighted by atomic mass is 16.5. The number of carbonyl (C=O) groups excluding carboxylic acids is 1. The molecule has 2 aromatic rings. The maximum atomic E-state index is 11.3. The zero-order valence-electron chi connectivity index (χ0n) is 7.56. The molecule has 2 rings (SSSR count). The SMILES string of the molecule is CN(O)C(=O)c1cc2cc[nH]c2cn1. The monoisotopic (exact) mass is 191 g/mol. The lowest BCUT2D eigenvalue weighted by Gasteiger charge is -2.06. The van der Waals surface area contributed by atoms with Crippen molar-refractivity contribution in [3.05, 3.63) is 30.2 Å². The summed E-state index contributed by atoms with van der Waals surface area (Å²) in [5.74, 6) is -0.520. The summed E-state index contributed by atoms with van der Waals surface area (Å²) >= 11 is 0. The Morgan fingerprint density at radius 1 is 1.64 bits per heavy atom. The molecule has 2 N–H and O–H groups in total. The minimum atomic E-state index is -0.520. The molecule has 0 fully saturated rings. The van der Waals surface area contributed by atoms with E-state index in [1.807, 2.05) is 6.07 Å². The first-order valence-electron chi connectivity index (χ1n) is 4.08. The molecule has 0 unspecified atom stereocenters. The van der Waals surface area contributed by atoms with Crippen LogP contribution in [0.3, 0.4) is 0 Å². The van der Waals surface area contributed by atoms with Crippen LogP contribution in [-0.2, 0) is 0 Å². The van der Waals surface area contributed by atoms with Gasteiger partial charge in [-0.05, 0) is 12.1 Å². The summed E-state index contributed by atoms with van der Waals surface area (Å²) in [5.41, 5.74) is 1.09. The van der Waals surface area contributed by atoms with E-state index in [4.69, 9.17) is 5.21 Å². The molecule has 2 aromatic heterocycles. The first-order chi connectivity index (χ1) is 6.68. The maximum Gasteiger partial charge on any atom is 0.295 e. The Morgan fingerprint density at radius 3 is 3.14 bits per heavy atom. The van der Waals surface area contributed by atoms with Crippen LogP contribution in [0.25, 0.3) is 10.9 Å². The van der Waals surface area contributed by atoms with Gasteiger partial charge >= 0.3 is 0 Å². The minimum absolute atomic E-state index is 0.224. The number of hydrogen-bond donors (Lipinski definition) is 2. The average molecular weight is 191 g/mol. The van der Waals surface area contributed by atoms with Gasteiger partial charge in [0, 0.05) is 18.6 Å². The van der Waals surface area contributed by atoms with Gasteiger partial charge in [0.25, 0.3) is 5.91 Å². The van der Waals surface area contributed by atoms with E-state index in [9.17, 15) is 4.79 Å². The molecule has 72 valence electrons. The molecule has 0 aliphatic rings. The number of nitrogens with one attached hydrogen (secondary N) is 1. The number of hydroxylamine groups is 2. The number of rotatable bonds is 1. The quantitative estimate of drug-likeness (QED) is 0.522. The molecule has 5 nitrogen and oxygen atoms in total. The number of amides is 1. The fraction of sp³-hybridized carbons (Fsp3) is 0.111. The van der Waals surface area contributed by atoms with Crippen molar-refractivity contribution in [2.75, 3.05) is 7.05 Å². The molecule has 0 aromatic carbocycles. The van der Waals surface area contributed by atoms with Gasteiger partial charge < -0.3 is 4.98 Å². The summed E-state index contributed by atoms with van der Waals surface area (Å²) in [7, 11) is 1.27. The smallest absolute Gasteiger partial charge is 0.295 e. The molecule has 14 heavy (non-hydrogen) atoms. The van der Waals surface area contributed by atoms with Crippen LogP contribution in [0, 0.1) is 0 Å². The van der Waals surface area contributed by atoms with Gasteiger partial charge in [-0.2, -0.15) is 0 Å². The molecular formula is C9H9N3O2.